The molecule has 0 unspecified atom stereocenters. The van der Waals surface area contributed by atoms with Crippen LogP contribution in [0.3, 0.4) is 0 Å². The molecule has 1 aromatic carbocycles. The summed E-state index contributed by atoms with van der Waals surface area (Å²) < 4.78 is 27.4. The third-order valence-electron chi connectivity index (χ3n) is 5.04. The number of aryl methyl sites for hydroxylation is 3. The highest BCUT2D eigenvalue weighted by atomic mass is 32.2. The molecule has 0 aliphatic carbocycles. The number of hydrogen-bond donors (Lipinski definition) is 1. The van der Waals surface area contributed by atoms with E-state index in [1.54, 1.807) is 10.7 Å². The summed E-state index contributed by atoms with van der Waals surface area (Å²) in [7, 11) is -3.35. The molecule has 0 spiro atoms. The first-order chi connectivity index (χ1) is 13.1. The number of hydrogen-bond acceptors (Lipinski definition) is 4. The Balaban J connectivity index is 1.90. The summed E-state index contributed by atoms with van der Waals surface area (Å²) in [5, 5.41) is 7.44. The summed E-state index contributed by atoms with van der Waals surface area (Å²) in [5.41, 5.74) is 4.02. The fourth-order valence-corrected chi connectivity index (χ4v) is 4.79. The van der Waals surface area contributed by atoms with Gasteiger partial charge >= 0.3 is 0 Å². The Kier molecular flexibility index (Phi) is 5.52. The number of aromatic nitrogens is 2. The maximum atomic E-state index is 13.1. The Morgan fingerprint density at radius 3 is 2.50 bits per heavy atom. The van der Waals surface area contributed by atoms with Gasteiger partial charge in [0.2, 0.25) is 15.9 Å². The molecule has 3 rings (SSSR count). The van der Waals surface area contributed by atoms with Crippen LogP contribution >= 0.6 is 0 Å². The van der Waals surface area contributed by atoms with Crippen LogP contribution in [-0.2, 0) is 21.2 Å². The van der Waals surface area contributed by atoms with Crippen molar-refractivity contribution in [2.24, 2.45) is 5.92 Å². The minimum Gasteiger partial charge on any atom is -0.324 e. The highest BCUT2D eigenvalue weighted by Gasteiger charge is 2.28. The molecule has 2 heterocycles. The second-order valence-corrected chi connectivity index (χ2v) is 9.74. The number of amides is 1. The summed E-state index contributed by atoms with van der Waals surface area (Å²) in [6.45, 7) is 8.27. The van der Waals surface area contributed by atoms with E-state index in [1.165, 1.54) is 10.6 Å². The number of anilines is 2. The van der Waals surface area contributed by atoms with Crippen molar-refractivity contribution in [1.29, 1.82) is 0 Å². The van der Waals surface area contributed by atoms with E-state index in [0.29, 0.717) is 17.9 Å². The normalized spacial score (nSPS) is 15.4. The fraction of sp³-hybridized carbons (Fsp3) is 0.500. The average Bonchev–Trinajstić information content (AvgIpc) is 2.91. The minimum absolute atomic E-state index is 0.0446. The SMILES string of the molecule is Cc1cc(C)n([C@H](C(=O)Nc2ccc3c(c2)N(S(C)(=O)=O)CCC3)C(C)C)n1. The van der Waals surface area contributed by atoms with Gasteiger partial charge in [-0.25, -0.2) is 8.42 Å². The highest BCUT2D eigenvalue weighted by molar-refractivity contribution is 7.92. The lowest BCUT2D eigenvalue weighted by Crippen LogP contribution is -2.35. The molecule has 1 N–H and O–H groups in total. The van der Waals surface area contributed by atoms with E-state index in [0.717, 1.165) is 29.8 Å². The van der Waals surface area contributed by atoms with Gasteiger partial charge in [-0.1, -0.05) is 19.9 Å². The van der Waals surface area contributed by atoms with Crippen molar-refractivity contribution >= 4 is 27.3 Å². The van der Waals surface area contributed by atoms with Crippen LogP contribution in [-0.4, -0.2) is 36.9 Å². The second-order valence-electron chi connectivity index (χ2n) is 7.83. The lowest BCUT2D eigenvalue weighted by molar-refractivity contribution is -0.120. The third-order valence-corrected chi connectivity index (χ3v) is 6.22. The summed E-state index contributed by atoms with van der Waals surface area (Å²) in [4.78, 5) is 13.1. The molecule has 0 saturated heterocycles. The first-order valence-corrected chi connectivity index (χ1v) is 11.4. The van der Waals surface area contributed by atoms with Crippen molar-refractivity contribution in [3.63, 3.8) is 0 Å². The fourth-order valence-electron chi connectivity index (χ4n) is 3.80. The number of nitrogens with zero attached hydrogens (tertiary/aromatic N) is 3. The smallest absolute Gasteiger partial charge is 0.249 e. The molecule has 0 bridgehead atoms. The number of nitrogens with one attached hydrogen (secondary N) is 1. The molecule has 8 heteroatoms. The molecule has 1 aliphatic rings. The van der Waals surface area contributed by atoms with Crippen LogP contribution in [0.25, 0.3) is 0 Å². The average molecular weight is 405 g/mol. The zero-order valence-corrected chi connectivity index (χ0v) is 17.9. The van der Waals surface area contributed by atoms with Crippen molar-refractivity contribution in [3.05, 3.63) is 41.2 Å². The van der Waals surface area contributed by atoms with E-state index in [2.05, 4.69) is 10.4 Å². The summed E-state index contributed by atoms with van der Waals surface area (Å²) in [6.07, 6.45) is 2.83. The van der Waals surface area contributed by atoms with Gasteiger partial charge in [-0.15, -0.1) is 0 Å². The lowest BCUT2D eigenvalue weighted by Gasteiger charge is -2.30. The van der Waals surface area contributed by atoms with Gasteiger partial charge in [0.05, 0.1) is 17.6 Å². The zero-order valence-electron chi connectivity index (χ0n) is 17.1. The van der Waals surface area contributed by atoms with Crippen LogP contribution in [0.4, 0.5) is 11.4 Å². The molecule has 152 valence electrons. The molecule has 1 atom stereocenters. The number of carbonyl (C=O) groups is 1. The van der Waals surface area contributed by atoms with Crippen LogP contribution in [0.1, 0.15) is 43.3 Å². The predicted octanol–water partition coefficient (Wildman–Crippen LogP) is 3.05. The third kappa shape index (κ3) is 4.06. The maximum absolute atomic E-state index is 13.1. The number of carbonyl (C=O) groups excluding carboxylic acids is 1. The molecular weight excluding hydrogens is 376 g/mol. The highest BCUT2D eigenvalue weighted by Crippen LogP contribution is 2.32. The first-order valence-electron chi connectivity index (χ1n) is 9.52. The molecule has 7 nitrogen and oxygen atoms in total. The Hall–Kier alpha value is -2.35. The Bertz CT molecular complexity index is 995. The first kappa shape index (κ1) is 20.4. The lowest BCUT2D eigenvalue weighted by atomic mass is 10.0. The second kappa shape index (κ2) is 7.58. The number of rotatable bonds is 5. The van der Waals surface area contributed by atoms with Crippen molar-refractivity contribution in [3.8, 4) is 0 Å². The van der Waals surface area contributed by atoms with Crippen molar-refractivity contribution in [2.75, 3.05) is 22.4 Å². The summed E-state index contributed by atoms with van der Waals surface area (Å²) in [5.74, 6) is -0.119. The summed E-state index contributed by atoms with van der Waals surface area (Å²) in [6, 6.07) is 6.99. The van der Waals surface area contributed by atoms with Gasteiger partial charge in [-0.2, -0.15) is 5.10 Å². The maximum Gasteiger partial charge on any atom is 0.249 e. The van der Waals surface area contributed by atoms with E-state index in [9.17, 15) is 13.2 Å². The van der Waals surface area contributed by atoms with Crippen molar-refractivity contribution < 1.29 is 13.2 Å². The van der Waals surface area contributed by atoms with Crippen molar-refractivity contribution in [2.45, 2.75) is 46.6 Å². The van der Waals surface area contributed by atoms with E-state index in [1.807, 2.05) is 45.9 Å². The number of sulfonamides is 1. The van der Waals surface area contributed by atoms with Gasteiger partial charge in [0.1, 0.15) is 6.04 Å². The molecule has 1 amide bonds. The van der Waals surface area contributed by atoms with Gasteiger partial charge in [0.15, 0.2) is 0 Å². The van der Waals surface area contributed by atoms with Gasteiger partial charge in [-0.05, 0) is 56.4 Å². The van der Waals surface area contributed by atoms with E-state index in [-0.39, 0.29) is 11.8 Å². The van der Waals surface area contributed by atoms with E-state index >= 15 is 0 Å². The number of benzene rings is 1. The molecule has 1 aromatic heterocycles. The van der Waals surface area contributed by atoms with Crippen LogP contribution < -0.4 is 9.62 Å². The van der Waals surface area contributed by atoms with Crippen LogP contribution in [0, 0.1) is 19.8 Å². The monoisotopic (exact) mass is 404 g/mol. The quantitative estimate of drug-likeness (QED) is 0.830. The van der Waals surface area contributed by atoms with Crippen LogP contribution in [0.5, 0.6) is 0 Å². The standard InChI is InChI=1S/C20H28N4O3S/c1-13(2)19(24-15(4)11-14(3)22-24)20(25)21-17-9-8-16-7-6-10-23(18(16)12-17)28(5,26)27/h8-9,11-13,19H,6-7,10H2,1-5H3,(H,21,25)/t19-/m0/s1. The van der Waals surface area contributed by atoms with Gasteiger partial charge in [0, 0.05) is 17.9 Å². The Morgan fingerprint density at radius 2 is 1.93 bits per heavy atom. The van der Waals surface area contributed by atoms with Crippen LogP contribution in [0.15, 0.2) is 24.3 Å². The van der Waals surface area contributed by atoms with E-state index in [4.69, 9.17) is 0 Å². The molecule has 1 aliphatic heterocycles. The minimum atomic E-state index is -3.35. The van der Waals surface area contributed by atoms with Gasteiger partial charge < -0.3 is 5.32 Å². The number of fused-ring (bicyclic) bond motifs is 1. The van der Waals surface area contributed by atoms with Crippen LogP contribution in [0.2, 0.25) is 0 Å². The summed E-state index contributed by atoms with van der Waals surface area (Å²) >= 11 is 0. The molecular formula is C20H28N4O3S. The molecule has 0 fully saturated rings. The van der Waals surface area contributed by atoms with Gasteiger partial charge in [0.25, 0.3) is 0 Å². The Morgan fingerprint density at radius 1 is 1.21 bits per heavy atom. The molecule has 28 heavy (non-hydrogen) atoms. The predicted molar refractivity (Wildman–Crippen MR) is 111 cm³/mol. The van der Waals surface area contributed by atoms with Gasteiger partial charge in [-0.3, -0.25) is 13.8 Å². The topological polar surface area (TPSA) is 84.3 Å². The zero-order chi connectivity index (χ0) is 20.6. The molecule has 0 radical (unpaired) electrons. The molecule has 0 saturated carbocycles. The van der Waals surface area contributed by atoms with Crippen molar-refractivity contribution in [1.82, 2.24) is 9.78 Å². The molecule has 2 aromatic rings. The van der Waals surface area contributed by atoms with E-state index < -0.39 is 16.1 Å². The Labute approximate surface area is 166 Å². The largest absolute Gasteiger partial charge is 0.324 e.